The second-order valence-electron chi connectivity index (χ2n) is 5.94. The lowest BCUT2D eigenvalue weighted by molar-refractivity contribution is 0.102. The van der Waals surface area contributed by atoms with Crippen LogP contribution in [0, 0.1) is 5.82 Å². The number of amides is 1. The number of halogens is 2. The van der Waals surface area contributed by atoms with Crippen molar-refractivity contribution >= 4 is 27.5 Å². The summed E-state index contributed by atoms with van der Waals surface area (Å²) in [6.07, 6.45) is 0. The van der Waals surface area contributed by atoms with Crippen LogP contribution in [0.1, 0.15) is 22.8 Å². The molecule has 0 saturated carbocycles. The number of carbonyl (C=O) groups excluding carboxylic acids is 1. The van der Waals surface area contributed by atoms with Crippen LogP contribution < -0.4 is 14.8 Å². The molecule has 3 aromatic carbocycles. The zero-order valence-electron chi connectivity index (χ0n) is 15.2. The van der Waals surface area contributed by atoms with Crippen molar-refractivity contribution in [3.63, 3.8) is 0 Å². The highest BCUT2D eigenvalue weighted by Crippen LogP contribution is 2.24. The maximum atomic E-state index is 14.0. The number of nitrogens with one attached hydrogen (secondary N) is 1. The molecule has 6 heteroatoms. The lowest BCUT2D eigenvalue weighted by atomic mass is 10.1. The number of ether oxygens (including phenoxy) is 2. The monoisotopic (exact) mass is 443 g/mol. The van der Waals surface area contributed by atoms with E-state index >= 15 is 0 Å². The Labute approximate surface area is 171 Å². The molecule has 0 saturated heterocycles. The Balaban J connectivity index is 1.79. The molecule has 0 spiro atoms. The maximum Gasteiger partial charge on any atom is 0.255 e. The average Bonchev–Trinajstić information content (AvgIpc) is 2.70. The van der Waals surface area contributed by atoms with Crippen molar-refractivity contribution in [1.29, 1.82) is 0 Å². The minimum atomic E-state index is -0.513. The SMILES string of the molecule is CCOc1ccc(C(=O)Nc2ccc(Br)cc2F)cc1COc1ccccc1. The maximum absolute atomic E-state index is 14.0. The first-order chi connectivity index (χ1) is 13.6. The molecule has 0 heterocycles. The first kappa shape index (κ1) is 19.9. The van der Waals surface area contributed by atoms with Crippen LogP contribution in [0.25, 0.3) is 0 Å². The largest absolute Gasteiger partial charge is 0.493 e. The van der Waals surface area contributed by atoms with Gasteiger partial charge < -0.3 is 14.8 Å². The van der Waals surface area contributed by atoms with Gasteiger partial charge in [-0.25, -0.2) is 4.39 Å². The normalized spacial score (nSPS) is 10.4. The van der Waals surface area contributed by atoms with Gasteiger partial charge in [-0.3, -0.25) is 4.79 Å². The zero-order chi connectivity index (χ0) is 19.9. The summed E-state index contributed by atoms with van der Waals surface area (Å²) < 4.78 is 26.0. The van der Waals surface area contributed by atoms with Crippen molar-refractivity contribution in [3.05, 3.63) is 88.1 Å². The molecule has 0 aromatic heterocycles. The topological polar surface area (TPSA) is 47.6 Å². The molecule has 1 N–H and O–H groups in total. The van der Waals surface area contributed by atoms with Crippen LogP contribution in [-0.4, -0.2) is 12.5 Å². The van der Waals surface area contributed by atoms with E-state index in [-0.39, 0.29) is 12.3 Å². The Morgan fingerprint density at radius 3 is 2.54 bits per heavy atom. The van der Waals surface area contributed by atoms with Gasteiger partial charge in [0, 0.05) is 15.6 Å². The summed E-state index contributed by atoms with van der Waals surface area (Å²) in [5.41, 5.74) is 1.23. The van der Waals surface area contributed by atoms with E-state index < -0.39 is 11.7 Å². The van der Waals surface area contributed by atoms with Gasteiger partial charge in [0.2, 0.25) is 0 Å². The second-order valence-corrected chi connectivity index (χ2v) is 6.85. The van der Waals surface area contributed by atoms with Gasteiger partial charge in [-0.15, -0.1) is 0 Å². The fourth-order valence-corrected chi connectivity index (χ4v) is 2.93. The molecule has 1 amide bonds. The van der Waals surface area contributed by atoms with Gasteiger partial charge in [0.05, 0.1) is 12.3 Å². The van der Waals surface area contributed by atoms with Crippen LogP contribution in [0.4, 0.5) is 10.1 Å². The number of carbonyl (C=O) groups is 1. The molecule has 0 aliphatic carbocycles. The highest BCUT2D eigenvalue weighted by Gasteiger charge is 2.13. The van der Waals surface area contributed by atoms with Crippen LogP contribution in [-0.2, 0) is 6.61 Å². The average molecular weight is 444 g/mol. The van der Waals surface area contributed by atoms with Gasteiger partial charge in [-0.05, 0) is 55.5 Å². The quantitative estimate of drug-likeness (QED) is 0.500. The summed E-state index contributed by atoms with van der Waals surface area (Å²) in [5, 5.41) is 2.59. The van der Waals surface area contributed by atoms with E-state index in [0.717, 1.165) is 11.3 Å². The third-order valence-electron chi connectivity index (χ3n) is 3.94. The van der Waals surface area contributed by atoms with Crippen molar-refractivity contribution in [2.45, 2.75) is 13.5 Å². The van der Waals surface area contributed by atoms with E-state index in [1.807, 2.05) is 37.3 Å². The molecule has 28 heavy (non-hydrogen) atoms. The highest BCUT2D eigenvalue weighted by molar-refractivity contribution is 9.10. The molecule has 0 bridgehead atoms. The molecule has 144 valence electrons. The third kappa shape index (κ3) is 5.10. The Bertz CT molecular complexity index is 963. The lowest BCUT2D eigenvalue weighted by Crippen LogP contribution is -2.14. The molecule has 0 atom stereocenters. The van der Waals surface area contributed by atoms with E-state index in [1.54, 1.807) is 24.3 Å². The number of para-hydroxylation sites is 1. The molecule has 0 unspecified atom stereocenters. The van der Waals surface area contributed by atoms with Crippen molar-refractivity contribution in [1.82, 2.24) is 0 Å². The van der Waals surface area contributed by atoms with Gasteiger partial charge >= 0.3 is 0 Å². The summed E-state index contributed by atoms with van der Waals surface area (Å²) in [6, 6.07) is 18.9. The van der Waals surface area contributed by atoms with Crippen LogP contribution in [0.2, 0.25) is 0 Å². The van der Waals surface area contributed by atoms with Gasteiger partial charge in [-0.1, -0.05) is 34.1 Å². The van der Waals surface area contributed by atoms with E-state index in [4.69, 9.17) is 9.47 Å². The van der Waals surface area contributed by atoms with Crippen LogP contribution in [0.15, 0.2) is 71.2 Å². The number of hydrogen-bond donors (Lipinski definition) is 1. The Morgan fingerprint density at radius 2 is 1.82 bits per heavy atom. The molecule has 0 aliphatic rings. The fraction of sp³-hybridized carbons (Fsp3) is 0.136. The molecule has 0 aliphatic heterocycles. The van der Waals surface area contributed by atoms with Gasteiger partial charge in [-0.2, -0.15) is 0 Å². The van der Waals surface area contributed by atoms with Crippen molar-refractivity contribution in [3.8, 4) is 11.5 Å². The molecule has 3 aromatic rings. The van der Waals surface area contributed by atoms with Crippen molar-refractivity contribution in [2.75, 3.05) is 11.9 Å². The van der Waals surface area contributed by atoms with E-state index in [2.05, 4.69) is 21.2 Å². The van der Waals surface area contributed by atoms with E-state index in [9.17, 15) is 9.18 Å². The Morgan fingerprint density at radius 1 is 1.04 bits per heavy atom. The van der Waals surface area contributed by atoms with Crippen LogP contribution >= 0.6 is 15.9 Å². The smallest absolute Gasteiger partial charge is 0.255 e. The number of hydrogen-bond acceptors (Lipinski definition) is 3. The summed E-state index contributed by atoms with van der Waals surface area (Å²) >= 11 is 3.20. The molecule has 0 fully saturated rings. The summed E-state index contributed by atoms with van der Waals surface area (Å²) in [5.74, 6) is 0.438. The summed E-state index contributed by atoms with van der Waals surface area (Å²) in [7, 11) is 0. The predicted octanol–water partition coefficient (Wildman–Crippen LogP) is 5.82. The predicted molar refractivity (Wildman–Crippen MR) is 110 cm³/mol. The first-order valence-corrected chi connectivity index (χ1v) is 9.56. The van der Waals surface area contributed by atoms with Crippen molar-refractivity contribution in [2.24, 2.45) is 0 Å². The third-order valence-corrected chi connectivity index (χ3v) is 4.43. The minimum Gasteiger partial charge on any atom is -0.493 e. The molecular weight excluding hydrogens is 425 g/mol. The molecule has 3 rings (SSSR count). The second kappa shape index (κ2) is 9.37. The lowest BCUT2D eigenvalue weighted by Gasteiger charge is -2.14. The van der Waals surface area contributed by atoms with Gasteiger partial charge in [0.1, 0.15) is 23.9 Å². The standard InChI is InChI=1S/C22H19BrFNO3/c1-2-27-21-11-8-15(12-16(21)14-28-18-6-4-3-5-7-18)22(26)25-20-10-9-17(23)13-19(20)24/h3-13H,2,14H2,1H3,(H,25,26). The minimum absolute atomic E-state index is 0.115. The number of anilines is 1. The molecule has 4 nitrogen and oxygen atoms in total. The fourth-order valence-electron chi connectivity index (χ4n) is 2.59. The molecular formula is C22H19BrFNO3. The first-order valence-electron chi connectivity index (χ1n) is 8.77. The Hall–Kier alpha value is -2.86. The Kier molecular flexibility index (Phi) is 6.66. The van der Waals surface area contributed by atoms with Gasteiger partial charge in [0.25, 0.3) is 5.91 Å². The van der Waals surface area contributed by atoms with Gasteiger partial charge in [0.15, 0.2) is 0 Å². The van der Waals surface area contributed by atoms with E-state index in [1.165, 1.54) is 12.1 Å². The zero-order valence-corrected chi connectivity index (χ0v) is 16.8. The molecule has 0 radical (unpaired) electrons. The van der Waals surface area contributed by atoms with Crippen molar-refractivity contribution < 1.29 is 18.7 Å². The van der Waals surface area contributed by atoms with Crippen LogP contribution in [0.5, 0.6) is 11.5 Å². The highest BCUT2D eigenvalue weighted by atomic mass is 79.9. The van der Waals surface area contributed by atoms with E-state index in [0.29, 0.717) is 22.4 Å². The number of rotatable bonds is 7. The number of benzene rings is 3. The summed E-state index contributed by atoms with van der Waals surface area (Å²) in [4.78, 5) is 12.6. The summed E-state index contributed by atoms with van der Waals surface area (Å²) in [6.45, 7) is 2.62. The van der Waals surface area contributed by atoms with Crippen LogP contribution in [0.3, 0.4) is 0 Å².